The molecule has 1 aromatic heterocycles. The smallest absolute Gasteiger partial charge is 0.232 e. The van der Waals surface area contributed by atoms with Crippen molar-refractivity contribution < 1.29 is 4.39 Å². The topological polar surface area (TPSA) is 83.2 Å². The fourth-order valence-corrected chi connectivity index (χ4v) is 3.65. The third kappa shape index (κ3) is 4.65. The number of nitrogen functional groups attached to an aromatic ring is 1. The Morgan fingerprint density at radius 3 is 2.43 bits per heavy atom. The maximum atomic E-state index is 13.1. The summed E-state index contributed by atoms with van der Waals surface area (Å²) in [6, 6.07) is 12.5. The van der Waals surface area contributed by atoms with Crippen LogP contribution in [0.5, 0.6) is 0 Å². The van der Waals surface area contributed by atoms with Crippen molar-refractivity contribution in [1.82, 2.24) is 19.9 Å². The second kappa shape index (κ2) is 8.62. The quantitative estimate of drug-likeness (QED) is 0.672. The Balaban J connectivity index is 1.39. The first-order valence-electron chi connectivity index (χ1n) is 10.0. The Morgan fingerprint density at radius 1 is 0.967 bits per heavy atom. The summed E-state index contributed by atoms with van der Waals surface area (Å²) in [6.07, 6.45) is 0. The van der Waals surface area contributed by atoms with E-state index in [2.05, 4.69) is 62.1 Å². The zero-order valence-electron chi connectivity index (χ0n) is 17.3. The molecule has 0 atom stereocenters. The summed E-state index contributed by atoms with van der Waals surface area (Å²) in [5, 5.41) is 3.05. The number of aromatic nitrogens is 3. The van der Waals surface area contributed by atoms with Crippen molar-refractivity contribution in [1.29, 1.82) is 0 Å². The van der Waals surface area contributed by atoms with Gasteiger partial charge in [0.1, 0.15) is 11.6 Å². The van der Waals surface area contributed by atoms with E-state index in [-0.39, 0.29) is 11.8 Å². The molecule has 0 bridgehead atoms. The fraction of sp³-hybridized carbons (Fsp3) is 0.318. The molecular formula is C22H26FN7. The number of rotatable bonds is 5. The molecule has 2 heterocycles. The lowest BCUT2D eigenvalue weighted by Crippen LogP contribution is -2.46. The minimum Gasteiger partial charge on any atom is -0.369 e. The van der Waals surface area contributed by atoms with E-state index in [1.54, 1.807) is 12.1 Å². The molecule has 0 unspecified atom stereocenters. The van der Waals surface area contributed by atoms with Gasteiger partial charge in [-0.1, -0.05) is 12.1 Å². The van der Waals surface area contributed by atoms with E-state index in [0.29, 0.717) is 24.0 Å². The van der Waals surface area contributed by atoms with Gasteiger partial charge in [0.2, 0.25) is 11.9 Å². The molecule has 3 N–H and O–H groups in total. The molecule has 1 aliphatic heterocycles. The van der Waals surface area contributed by atoms with E-state index in [4.69, 9.17) is 5.73 Å². The molecule has 0 radical (unpaired) electrons. The van der Waals surface area contributed by atoms with Crippen LogP contribution >= 0.6 is 0 Å². The van der Waals surface area contributed by atoms with Crippen LogP contribution in [-0.4, -0.2) is 46.0 Å². The van der Waals surface area contributed by atoms with Crippen molar-refractivity contribution in [3.8, 4) is 0 Å². The van der Waals surface area contributed by atoms with Crippen LogP contribution in [0, 0.1) is 19.7 Å². The molecule has 0 amide bonds. The number of nitrogens with two attached hydrogens (primary N) is 1. The van der Waals surface area contributed by atoms with Gasteiger partial charge >= 0.3 is 0 Å². The normalized spacial score (nSPS) is 14.7. The number of nitrogens with one attached hydrogen (secondary N) is 1. The van der Waals surface area contributed by atoms with Crippen LogP contribution in [0.2, 0.25) is 0 Å². The number of nitrogens with zero attached hydrogens (tertiary/aromatic N) is 5. The predicted octanol–water partition coefficient (Wildman–Crippen LogP) is 3.28. The Kier molecular flexibility index (Phi) is 5.76. The van der Waals surface area contributed by atoms with Gasteiger partial charge in [-0.2, -0.15) is 15.0 Å². The van der Waals surface area contributed by atoms with Crippen LogP contribution in [0.3, 0.4) is 0 Å². The van der Waals surface area contributed by atoms with Crippen LogP contribution in [0.15, 0.2) is 42.5 Å². The molecule has 1 aliphatic rings. The molecular weight excluding hydrogens is 381 g/mol. The van der Waals surface area contributed by atoms with Crippen LogP contribution < -0.4 is 16.0 Å². The first kappa shape index (κ1) is 20.0. The van der Waals surface area contributed by atoms with Crippen molar-refractivity contribution >= 4 is 23.3 Å². The lowest BCUT2D eigenvalue weighted by atomic mass is 10.1. The van der Waals surface area contributed by atoms with Gasteiger partial charge in [0.25, 0.3) is 0 Å². The third-order valence-electron chi connectivity index (χ3n) is 5.45. The van der Waals surface area contributed by atoms with Gasteiger partial charge < -0.3 is 16.0 Å². The van der Waals surface area contributed by atoms with E-state index in [1.165, 1.54) is 28.9 Å². The van der Waals surface area contributed by atoms with E-state index >= 15 is 0 Å². The summed E-state index contributed by atoms with van der Waals surface area (Å²) >= 11 is 0. The van der Waals surface area contributed by atoms with E-state index in [1.807, 2.05) is 0 Å². The minimum atomic E-state index is -0.295. The molecule has 0 aliphatic carbocycles. The van der Waals surface area contributed by atoms with Crippen molar-refractivity contribution in [2.45, 2.75) is 20.4 Å². The largest absolute Gasteiger partial charge is 0.369 e. The summed E-state index contributed by atoms with van der Waals surface area (Å²) in [5.41, 5.74) is 10.5. The molecule has 30 heavy (non-hydrogen) atoms. The molecule has 0 spiro atoms. The molecule has 1 saturated heterocycles. The molecule has 1 fully saturated rings. The number of piperazine rings is 1. The maximum absolute atomic E-state index is 13.1. The van der Waals surface area contributed by atoms with Crippen molar-refractivity contribution in [2.24, 2.45) is 0 Å². The van der Waals surface area contributed by atoms with Crippen LogP contribution in [-0.2, 0) is 6.54 Å². The molecule has 156 valence electrons. The Bertz CT molecular complexity index is 1010. The summed E-state index contributed by atoms with van der Waals surface area (Å²) in [5.74, 6) is 0.848. The molecule has 8 heteroatoms. The van der Waals surface area contributed by atoms with E-state index in [9.17, 15) is 4.39 Å². The summed E-state index contributed by atoms with van der Waals surface area (Å²) in [4.78, 5) is 17.7. The number of hydrogen-bond donors (Lipinski definition) is 2. The monoisotopic (exact) mass is 407 g/mol. The highest BCUT2D eigenvalue weighted by Gasteiger charge is 2.20. The minimum absolute atomic E-state index is 0.165. The summed E-state index contributed by atoms with van der Waals surface area (Å²) in [7, 11) is 0. The standard InChI is InChI=1S/C22H26FN7/c1-15-4-3-5-19(16(15)2)30-12-10-29(11-13-30)14-20-26-21(24)28-22(27-20)25-18-8-6-17(23)7-9-18/h3-9H,10-14H2,1-2H3,(H3,24,25,26,27,28). The molecule has 0 saturated carbocycles. The van der Waals surface area contributed by atoms with Crippen molar-refractivity contribution in [2.75, 3.05) is 42.1 Å². The summed E-state index contributed by atoms with van der Waals surface area (Å²) in [6.45, 7) is 8.67. The predicted molar refractivity (Wildman–Crippen MR) is 117 cm³/mol. The zero-order valence-corrected chi connectivity index (χ0v) is 17.3. The van der Waals surface area contributed by atoms with Crippen molar-refractivity contribution in [3.63, 3.8) is 0 Å². The van der Waals surface area contributed by atoms with Gasteiger partial charge in [0.15, 0.2) is 0 Å². The van der Waals surface area contributed by atoms with Gasteiger partial charge in [0, 0.05) is 37.6 Å². The zero-order chi connectivity index (χ0) is 21.1. The van der Waals surface area contributed by atoms with Gasteiger partial charge in [-0.25, -0.2) is 4.39 Å². The lowest BCUT2D eigenvalue weighted by Gasteiger charge is -2.36. The third-order valence-corrected chi connectivity index (χ3v) is 5.45. The molecule has 2 aromatic carbocycles. The Hall–Kier alpha value is -3.26. The van der Waals surface area contributed by atoms with E-state index in [0.717, 1.165) is 26.2 Å². The number of anilines is 4. The average Bonchev–Trinajstić information content (AvgIpc) is 2.72. The number of halogens is 1. The average molecular weight is 407 g/mol. The number of hydrogen-bond acceptors (Lipinski definition) is 7. The first-order chi connectivity index (χ1) is 14.5. The fourth-order valence-electron chi connectivity index (χ4n) is 3.65. The Morgan fingerprint density at radius 2 is 1.70 bits per heavy atom. The highest BCUT2D eigenvalue weighted by Crippen LogP contribution is 2.24. The Labute approximate surface area is 175 Å². The van der Waals surface area contributed by atoms with Gasteiger partial charge in [-0.15, -0.1) is 0 Å². The molecule has 7 nitrogen and oxygen atoms in total. The van der Waals surface area contributed by atoms with Gasteiger partial charge in [-0.05, 0) is 55.3 Å². The lowest BCUT2D eigenvalue weighted by molar-refractivity contribution is 0.244. The second-order valence-electron chi connectivity index (χ2n) is 7.55. The van der Waals surface area contributed by atoms with E-state index < -0.39 is 0 Å². The van der Waals surface area contributed by atoms with Crippen LogP contribution in [0.25, 0.3) is 0 Å². The highest BCUT2D eigenvalue weighted by atomic mass is 19.1. The van der Waals surface area contributed by atoms with Crippen molar-refractivity contribution in [3.05, 3.63) is 65.2 Å². The van der Waals surface area contributed by atoms with Crippen LogP contribution in [0.1, 0.15) is 17.0 Å². The maximum Gasteiger partial charge on any atom is 0.232 e. The second-order valence-corrected chi connectivity index (χ2v) is 7.55. The number of benzene rings is 2. The molecule has 4 rings (SSSR count). The highest BCUT2D eigenvalue weighted by molar-refractivity contribution is 5.56. The van der Waals surface area contributed by atoms with Gasteiger partial charge in [0.05, 0.1) is 6.54 Å². The molecule has 3 aromatic rings. The summed E-state index contributed by atoms with van der Waals surface area (Å²) < 4.78 is 13.1. The van der Waals surface area contributed by atoms with Crippen LogP contribution in [0.4, 0.5) is 27.7 Å². The van der Waals surface area contributed by atoms with Gasteiger partial charge in [-0.3, -0.25) is 4.90 Å². The SMILES string of the molecule is Cc1cccc(N2CCN(Cc3nc(N)nc(Nc4ccc(F)cc4)n3)CC2)c1C. The first-order valence-corrected chi connectivity index (χ1v) is 10.0. The number of aryl methyl sites for hydroxylation is 1.